The van der Waals surface area contributed by atoms with Gasteiger partial charge in [-0.05, 0) is 12.8 Å². The summed E-state index contributed by atoms with van der Waals surface area (Å²) in [7, 11) is 0. The Morgan fingerprint density at radius 2 is 2.00 bits per heavy atom. The van der Waals surface area contributed by atoms with Gasteiger partial charge in [0.1, 0.15) is 0 Å². The predicted molar refractivity (Wildman–Crippen MR) is 74.5 cm³/mol. The van der Waals surface area contributed by atoms with Crippen LogP contribution in [0, 0.1) is 0 Å². The van der Waals surface area contributed by atoms with E-state index in [0.717, 1.165) is 12.6 Å². The summed E-state index contributed by atoms with van der Waals surface area (Å²) in [4.78, 5) is 5.91. The lowest BCUT2D eigenvalue weighted by molar-refractivity contribution is 0.373. The molecule has 0 unspecified atom stereocenters. The van der Waals surface area contributed by atoms with E-state index in [1.807, 2.05) is 17.5 Å². The number of thiazole rings is 1. The van der Waals surface area contributed by atoms with Gasteiger partial charge in [0, 0.05) is 29.1 Å². The van der Waals surface area contributed by atoms with Gasteiger partial charge in [0.05, 0.1) is 5.01 Å². The van der Waals surface area contributed by atoms with E-state index in [1.165, 1.54) is 42.0 Å². The zero-order chi connectivity index (χ0) is 12.3. The molecule has 17 heavy (non-hydrogen) atoms. The van der Waals surface area contributed by atoms with Gasteiger partial charge in [-0.15, -0.1) is 11.3 Å². The zero-order valence-electron chi connectivity index (χ0n) is 11.3. The third-order valence-electron chi connectivity index (χ3n) is 3.37. The van der Waals surface area contributed by atoms with Crippen LogP contribution >= 0.6 is 11.3 Å². The molecule has 1 N–H and O–H groups in total. The molecule has 1 aromatic rings. The van der Waals surface area contributed by atoms with Gasteiger partial charge in [-0.1, -0.05) is 40.0 Å². The second kappa shape index (κ2) is 5.49. The van der Waals surface area contributed by atoms with Crippen LogP contribution in [0.3, 0.4) is 0 Å². The number of rotatable bonds is 3. The molecule has 0 aromatic carbocycles. The predicted octanol–water partition coefficient (Wildman–Crippen LogP) is 3.86. The van der Waals surface area contributed by atoms with Gasteiger partial charge in [-0.25, -0.2) is 4.98 Å². The quantitative estimate of drug-likeness (QED) is 0.883. The fraction of sp³-hybridized carbons (Fsp3) is 0.786. The van der Waals surface area contributed by atoms with Gasteiger partial charge in [-0.3, -0.25) is 0 Å². The first-order valence-corrected chi connectivity index (χ1v) is 7.56. The van der Waals surface area contributed by atoms with E-state index in [2.05, 4.69) is 31.1 Å². The lowest BCUT2D eigenvalue weighted by Gasteiger charge is -2.22. The molecule has 0 amide bonds. The third kappa shape index (κ3) is 3.78. The van der Waals surface area contributed by atoms with Crippen LogP contribution in [0.1, 0.15) is 62.8 Å². The fourth-order valence-corrected chi connectivity index (χ4v) is 3.21. The first-order chi connectivity index (χ1) is 8.05. The molecule has 3 heteroatoms. The van der Waals surface area contributed by atoms with E-state index < -0.39 is 0 Å². The van der Waals surface area contributed by atoms with E-state index in [1.54, 1.807) is 0 Å². The summed E-state index contributed by atoms with van der Waals surface area (Å²) >= 11 is 1.85. The van der Waals surface area contributed by atoms with Gasteiger partial charge in [0.15, 0.2) is 0 Å². The second-order valence-electron chi connectivity index (χ2n) is 6.10. The summed E-state index contributed by atoms with van der Waals surface area (Å²) in [6, 6.07) is 0.740. The summed E-state index contributed by atoms with van der Waals surface area (Å²) in [6.45, 7) is 7.68. The molecule has 1 fully saturated rings. The Bertz CT molecular complexity index is 345. The highest BCUT2D eigenvalue weighted by atomic mass is 32.1. The minimum absolute atomic E-state index is 0.188. The largest absolute Gasteiger partial charge is 0.309 e. The average molecular weight is 252 g/mol. The Morgan fingerprint density at radius 3 is 2.59 bits per heavy atom. The molecule has 2 rings (SSSR count). The van der Waals surface area contributed by atoms with Crippen LogP contribution < -0.4 is 5.32 Å². The highest BCUT2D eigenvalue weighted by Crippen LogP contribution is 2.27. The molecule has 0 saturated heterocycles. The van der Waals surface area contributed by atoms with Crippen LogP contribution in [0.15, 0.2) is 6.20 Å². The summed E-state index contributed by atoms with van der Waals surface area (Å²) in [6.07, 6.45) is 8.96. The molecular weight excluding hydrogens is 228 g/mol. The maximum Gasteiger partial charge on any atom is 0.0981 e. The lowest BCUT2D eigenvalue weighted by atomic mass is 9.95. The van der Waals surface area contributed by atoms with Crippen molar-refractivity contribution in [2.75, 3.05) is 0 Å². The molecule has 1 saturated carbocycles. The van der Waals surface area contributed by atoms with E-state index >= 15 is 0 Å². The summed E-state index contributed by atoms with van der Waals surface area (Å²) in [5.74, 6) is 0. The van der Waals surface area contributed by atoms with Crippen LogP contribution in [0.25, 0.3) is 0 Å². The number of hydrogen-bond donors (Lipinski definition) is 1. The van der Waals surface area contributed by atoms with Crippen molar-refractivity contribution >= 4 is 11.3 Å². The van der Waals surface area contributed by atoms with Crippen molar-refractivity contribution in [2.45, 2.75) is 70.9 Å². The highest BCUT2D eigenvalue weighted by molar-refractivity contribution is 7.11. The molecular formula is C14H24N2S. The number of nitrogens with zero attached hydrogens (tertiary/aromatic N) is 1. The normalized spacial score (nSPS) is 18.5. The van der Waals surface area contributed by atoms with Crippen molar-refractivity contribution < 1.29 is 0 Å². The minimum atomic E-state index is 0.188. The Morgan fingerprint density at radius 1 is 1.29 bits per heavy atom. The SMILES string of the molecule is CC(C)(C)c1ncc(CNC2CCCCC2)s1. The van der Waals surface area contributed by atoms with E-state index in [4.69, 9.17) is 0 Å². The van der Waals surface area contributed by atoms with Crippen molar-refractivity contribution in [3.63, 3.8) is 0 Å². The molecule has 1 aliphatic rings. The molecule has 1 aliphatic carbocycles. The standard InChI is InChI=1S/C14H24N2S/c1-14(2,3)13-16-10-12(17-13)9-15-11-7-5-4-6-8-11/h10-11,15H,4-9H2,1-3H3. The first kappa shape index (κ1) is 13.0. The van der Waals surface area contributed by atoms with Gasteiger partial charge < -0.3 is 5.32 Å². The van der Waals surface area contributed by atoms with Crippen molar-refractivity contribution in [3.05, 3.63) is 16.1 Å². The van der Waals surface area contributed by atoms with Gasteiger partial charge in [-0.2, -0.15) is 0 Å². The minimum Gasteiger partial charge on any atom is -0.309 e. The lowest BCUT2D eigenvalue weighted by Crippen LogP contribution is -2.30. The molecule has 1 heterocycles. The van der Waals surface area contributed by atoms with Crippen LogP contribution in [-0.4, -0.2) is 11.0 Å². The van der Waals surface area contributed by atoms with Crippen LogP contribution in [-0.2, 0) is 12.0 Å². The van der Waals surface area contributed by atoms with Crippen LogP contribution in [0.2, 0.25) is 0 Å². The van der Waals surface area contributed by atoms with Gasteiger partial charge in [0.2, 0.25) is 0 Å². The Balaban J connectivity index is 1.84. The fourth-order valence-electron chi connectivity index (χ4n) is 2.29. The molecule has 1 aromatic heterocycles. The van der Waals surface area contributed by atoms with E-state index in [0.29, 0.717) is 0 Å². The topological polar surface area (TPSA) is 24.9 Å². The molecule has 96 valence electrons. The molecule has 2 nitrogen and oxygen atoms in total. The maximum atomic E-state index is 4.53. The van der Waals surface area contributed by atoms with Crippen molar-refractivity contribution in [3.8, 4) is 0 Å². The first-order valence-electron chi connectivity index (χ1n) is 6.74. The summed E-state index contributed by atoms with van der Waals surface area (Å²) in [5, 5.41) is 4.92. The second-order valence-corrected chi connectivity index (χ2v) is 7.21. The van der Waals surface area contributed by atoms with E-state index in [9.17, 15) is 0 Å². The molecule has 0 bridgehead atoms. The Kier molecular flexibility index (Phi) is 4.21. The highest BCUT2D eigenvalue weighted by Gasteiger charge is 2.18. The van der Waals surface area contributed by atoms with Crippen molar-refractivity contribution in [2.24, 2.45) is 0 Å². The molecule has 0 aliphatic heterocycles. The average Bonchev–Trinajstić information content (AvgIpc) is 2.76. The third-order valence-corrected chi connectivity index (χ3v) is 4.79. The Hall–Kier alpha value is -0.410. The smallest absolute Gasteiger partial charge is 0.0981 e. The molecule has 0 spiro atoms. The number of hydrogen-bond acceptors (Lipinski definition) is 3. The van der Waals surface area contributed by atoms with Gasteiger partial charge in [0.25, 0.3) is 0 Å². The van der Waals surface area contributed by atoms with Crippen LogP contribution in [0.5, 0.6) is 0 Å². The van der Waals surface area contributed by atoms with E-state index in [-0.39, 0.29) is 5.41 Å². The van der Waals surface area contributed by atoms with Gasteiger partial charge >= 0.3 is 0 Å². The number of nitrogens with one attached hydrogen (secondary N) is 1. The molecule has 0 atom stereocenters. The maximum absolute atomic E-state index is 4.53. The molecule has 0 radical (unpaired) electrons. The van der Waals surface area contributed by atoms with Crippen molar-refractivity contribution in [1.29, 1.82) is 0 Å². The van der Waals surface area contributed by atoms with Crippen LogP contribution in [0.4, 0.5) is 0 Å². The Labute approximate surface area is 109 Å². The van der Waals surface area contributed by atoms with Crippen molar-refractivity contribution in [1.82, 2.24) is 10.3 Å². The monoisotopic (exact) mass is 252 g/mol. The summed E-state index contributed by atoms with van der Waals surface area (Å²) < 4.78 is 0. The zero-order valence-corrected chi connectivity index (χ0v) is 12.1. The summed E-state index contributed by atoms with van der Waals surface area (Å²) in [5.41, 5.74) is 0.188. The number of aromatic nitrogens is 1.